The number of allylic oxidation sites excluding steroid dienone is 4. The van der Waals surface area contributed by atoms with Crippen molar-refractivity contribution in [2.75, 3.05) is 20.3 Å². The molecule has 19 heavy (non-hydrogen) atoms. The van der Waals surface area contributed by atoms with Crippen LogP contribution in [0.3, 0.4) is 0 Å². The van der Waals surface area contributed by atoms with Crippen LogP contribution in [0.25, 0.3) is 11.6 Å². The van der Waals surface area contributed by atoms with E-state index in [1.54, 1.807) is 13.2 Å². The predicted molar refractivity (Wildman–Crippen MR) is 78.0 cm³/mol. The molecule has 3 heteroatoms. The molecule has 0 aromatic carbocycles. The van der Waals surface area contributed by atoms with Gasteiger partial charge in [-0.3, -0.25) is 0 Å². The van der Waals surface area contributed by atoms with E-state index in [-0.39, 0.29) is 0 Å². The van der Waals surface area contributed by atoms with E-state index in [1.165, 1.54) is 5.57 Å². The minimum atomic E-state index is 0.390. The van der Waals surface area contributed by atoms with Crippen LogP contribution in [0.5, 0.6) is 5.88 Å². The Morgan fingerprint density at radius 2 is 2.21 bits per heavy atom. The third-order valence-electron chi connectivity index (χ3n) is 3.09. The van der Waals surface area contributed by atoms with Crippen LogP contribution >= 0.6 is 0 Å². The summed E-state index contributed by atoms with van der Waals surface area (Å²) in [6.07, 6.45) is 8.06. The normalized spacial score (nSPS) is 17.4. The smallest absolute Gasteiger partial charge is 0.221 e. The highest BCUT2D eigenvalue weighted by atomic mass is 16.5. The molecule has 0 aliphatic heterocycles. The van der Waals surface area contributed by atoms with Gasteiger partial charge in [0.15, 0.2) is 0 Å². The molecular formula is C16H19NO2. The maximum Gasteiger partial charge on any atom is 0.221 e. The van der Waals surface area contributed by atoms with Gasteiger partial charge in [0.1, 0.15) is 6.61 Å². The van der Waals surface area contributed by atoms with Crippen molar-refractivity contribution in [2.24, 2.45) is 5.92 Å². The molecule has 1 aromatic rings. The number of methoxy groups -OCH3 is 1. The van der Waals surface area contributed by atoms with Crippen LogP contribution in [-0.4, -0.2) is 25.3 Å². The number of ether oxygens (including phenoxy) is 2. The molecule has 100 valence electrons. The van der Waals surface area contributed by atoms with E-state index in [0.29, 0.717) is 25.0 Å². The van der Waals surface area contributed by atoms with Gasteiger partial charge >= 0.3 is 0 Å². The number of hydrogen-bond donors (Lipinski definition) is 0. The fraction of sp³-hybridized carbons (Fsp3) is 0.312. The second-order valence-electron chi connectivity index (χ2n) is 4.43. The first-order valence-corrected chi connectivity index (χ1v) is 6.40. The molecule has 1 aliphatic carbocycles. The minimum absolute atomic E-state index is 0.390. The lowest BCUT2D eigenvalue weighted by Crippen LogP contribution is -2.08. The molecule has 0 saturated heterocycles. The van der Waals surface area contributed by atoms with Gasteiger partial charge in [0, 0.05) is 18.6 Å². The van der Waals surface area contributed by atoms with Crippen molar-refractivity contribution in [1.82, 2.24) is 4.98 Å². The molecule has 0 bridgehead atoms. The zero-order valence-corrected chi connectivity index (χ0v) is 11.4. The van der Waals surface area contributed by atoms with Crippen molar-refractivity contribution in [3.05, 3.63) is 48.2 Å². The van der Waals surface area contributed by atoms with E-state index in [1.807, 2.05) is 12.1 Å². The Kier molecular flexibility index (Phi) is 4.53. The quantitative estimate of drug-likeness (QED) is 0.732. The average Bonchev–Trinajstić information content (AvgIpc) is 2.85. The highest BCUT2D eigenvalue weighted by Gasteiger charge is 2.17. The first-order chi connectivity index (χ1) is 9.26. The van der Waals surface area contributed by atoms with Gasteiger partial charge in [0.2, 0.25) is 5.88 Å². The molecule has 1 unspecified atom stereocenters. The summed E-state index contributed by atoms with van der Waals surface area (Å²) in [4.78, 5) is 4.48. The number of nitrogens with zero attached hydrogens (tertiary/aromatic N) is 1. The summed E-state index contributed by atoms with van der Waals surface area (Å²) >= 11 is 0. The van der Waals surface area contributed by atoms with E-state index in [4.69, 9.17) is 9.47 Å². The topological polar surface area (TPSA) is 31.4 Å². The van der Waals surface area contributed by atoms with Crippen molar-refractivity contribution >= 4 is 11.6 Å². The zero-order chi connectivity index (χ0) is 13.7. The lowest BCUT2D eigenvalue weighted by molar-refractivity contribution is 0.143. The average molecular weight is 257 g/mol. The third-order valence-corrected chi connectivity index (χ3v) is 3.09. The van der Waals surface area contributed by atoms with Crippen LogP contribution in [0.15, 0.2) is 36.9 Å². The number of pyridine rings is 1. The van der Waals surface area contributed by atoms with E-state index in [2.05, 4.69) is 36.7 Å². The van der Waals surface area contributed by atoms with Gasteiger partial charge in [0.25, 0.3) is 0 Å². The number of hydrogen-bond acceptors (Lipinski definition) is 3. The molecule has 1 aromatic heterocycles. The van der Waals surface area contributed by atoms with Crippen molar-refractivity contribution < 1.29 is 9.47 Å². The van der Waals surface area contributed by atoms with Crippen LogP contribution < -0.4 is 4.74 Å². The number of aromatic nitrogens is 1. The molecule has 0 fully saturated rings. The standard InChI is InChI=1S/C16H19NO2/c1-4-13-8-9-15(14-7-5-6-12(14)2)16(17-13)19-11-10-18-3/h4-9,12H,1,10-11H2,2-3H3. The molecule has 2 rings (SSSR count). The van der Waals surface area contributed by atoms with Crippen LogP contribution in [0.2, 0.25) is 0 Å². The second kappa shape index (κ2) is 6.34. The van der Waals surface area contributed by atoms with Crippen molar-refractivity contribution in [3.8, 4) is 5.88 Å². The molecule has 0 saturated carbocycles. The van der Waals surface area contributed by atoms with Gasteiger partial charge in [0.05, 0.1) is 12.3 Å². The summed E-state index contributed by atoms with van der Waals surface area (Å²) in [5.74, 6) is 1.04. The van der Waals surface area contributed by atoms with Crippen LogP contribution in [0.1, 0.15) is 18.2 Å². The van der Waals surface area contributed by atoms with E-state index in [9.17, 15) is 0 Å². The summed E-state index contributed by atoms with van der Waals surface area (Å²) < 4.78 is 10.7. The fourth-order valence-corrected chi connectivity index (χ4v) is 2.04. The zero-order valence-electron chi connectivity index (χ0n) is 11.4. The minimum Gasteiger partial charge on any atom is -0.475 e. The van der Waals surface area contributed by atoms with Crippen molar-refractivity contribution in [3.63, 3.8) is 0 Å². The summed E-state index contributed by atoms with van der Waals surface area (Å²) in [5, 5.41) is 0. The Morgan fingerprint density at radius 1 is 1.37 bits per heavy atom. The molecule has 0 amide bonds. The molecule has 0 radical (unpaired) electrons. The van der Waals surface area contributed by atoms with Gasteiger partial charge in [-0.2, -0.15) is 0 Å². The summed E-state index contributed by atoms with van der Waals surface area (Å²) in [6.45, 7) is 6.94. The second-order valence-corrected chi connectivity index (χ2v) is 4.43. The summed E-state index contributed by atoms with van der Waals surface area (Å²) in [5.41, 5.74) is 3.09. The molecule has 1 heterocycles. The largest absolute Gasteiger partial charge is 0.475 e. The number of rotatable bonds is 6. The Balaban J connectivity index is 2.28. The van der Waals surface area contributed by atoms with Gasteiger partial charge in [-0.15, -0.1) is 0 Å². The van der Waals surface area contributed by atoms with Crippen molar-refractivity contribution in [2.45, 2.75) is 6.92 Å². The van der Waals surface area contributed by atoms with E-state index < -0.39 is 0 Å². The van der Waals surface area contributed by atoms with Gasteiger partial charge in [-0.25, -0.2) is 4.98 Å². The third kappa shape index (κ3) is 3.12. The van der Waals surface area contributed by atoms with Crippen LogP contribution in [-0.2, 0) is 4.74 Å². The van der Waals surface area contributed by atoms with Gasteiger partial charge < -0.3 is 9.47 Å². The van der Waals surface area contributed by atoms with Gasteiger partial charge in [-0.05, 0) is 23.8 Å². The maximum absolute atomic E-state index is 5.73. The SMILES string of the molecule is C=Cc1ccc(C2=CC=CC2C)c(OCCOC)n1. The molecule has 3 nitrogen and oxygen atoms in total. The molecule has 1 atom stereocenters. The van der Waals surface area contributed by atoms with E-state index in [0.717, 1.165) is 11.3 Å². The summed E-state index contributed by atoms with van der Waals surface area (Å²) in [7, 11) is 1.66. The Hall–Kier alpha value is -1.87. The van der Waals surface area contributed by atoms with Crippen LogP contribution in [0, 0.1) is 5.92 Å². The van der Waals surface area contributed by atoms with Gasteiger partial charge in [-0.1, -0.05) is 31.7 Å². The molecular weight excluding hydrogens is 238 g/mol. The molecule has 1 aliphatic rings. The Bertz CT molecular complexity index is 517. The predicted octanol–water partition coefficient (Wildman–Crippen LogP) is 3.34. The Morgan fingerprint density at radius 3 is 2.84 bits per heavy atom. The fourth-order valence-electron chi connectivity index (χ4n) is 2.04. The van der Waals surface area contributed by atoms with E-state index >= 15 is 0 Å². The van der Waals surface area contributed by atoms with Crippen LogP contribution in [0.4, 0.5) is 0 Å². The van der Waals surface area contributed by atoms with Crippen molar-refractivity contribution in [1.29, 1.82) is 0 Å². The molecule has 0 spiro atoms. The summed E-state index contributed by atoms with van der Waals surface area (Å²) in [6, 6.07) is 4.00. The highest BCUT2D eigenvalue weighted by Crippen LogP contribution is 2.34. The Labute approximate surface area is 114 Å². The molecule has 0 N–H and O–H groups in total. The first kappa shape index (κ1) is 13.6. The lowest BCUT2D eigenvalue weighted by atomic mass is 9.98. The maximum atomic E-state index is 5.73. The first-order valence-electron chi connectivity index (χ1n) is 6.40. The monoisotopic (exact) mass is 257 g/mol. The lowest BCUT2D eigenvalue weighted by Gasteiger charge is -2.14. The highest BCUT2D eigenvalue weighted by molar-refractivity contribution is 5.76.